The van der Waals surface area contributed by atoms with Crippen molar-refractivity contribution in [1.29, 1.82) is 0 Å². The Balaban J connectivity index is 2.18. The number of aromatic nitrogens is 1. The summed E-state index contributed by atoms with van der Waals surface area (Å²) in [5, 5.41) is 3.30. The van der Waals surface area contributed by atoms with Crippen molar-refractivity contribution in [2.24, 2.45) is 5.73 Å². The zero-order valence-electron chi connectivity index (χ0n) is 8.65. The van der Waals surface area contributed by atoms with Crippen molar-refractivity contribution in [2.75, 3.05) is 5.32 Å². The zero-order chi connectivity index (χ0) is 11.4. The number of nitrogens with zero attached hydrogens (tertiary/aromatic N) is 1. The predicted molar refractivity (Wildman–Crippen MR) is 69.6 cm³/mol. The van der Waals surface area contributed by atoms with Gasteiger partial charge in [-0.05, 0) is 39.7 Å². The first-order valence-corrected chi connectivity index (χ1v) is 5.74. The van der Waals surface area contributed by atoms with Gasteiger partial charge in [0.25, 0.3) is 0 Å². The van der Waals surface area contributed by atoms with Gasteiger partial charge in [0.1, 0.15) is 0 Å². The molecule has 0 saturated carbocycles. The lowest BCUT2D eigenvalue weighted by Gasteiger charge is -2.08. The lowest BCUT2D eigenvalue weighted by Crippen LogP contribution is -1.96. The molecule has 0 bridgehead atoms. The molecule has 0 unspecified atom stereocenters. The highest BCUT2D eigenvalue weighted by molar-refractivity contribution is 9.10. The van der Waals surface area contributed by atoms with Gasteiger partial charge in [0.05, 0.1) is 10.2 Å². The number of halogens is 1. The molecule has 0 saturated heterocycles. The normalized spacial score (nSPS) is 10.1. The van der Waals surface area contributed by atoms with Crippen molar-refractivity contribution in [1.82, 2.24) is 4.98 Å². The maximum Gasteiger partial charge on any atom is 0.0593 e. The summed E-state index contributed by atoms with van der Waals surface area (Å²) in [6.45, 7) is 0.569. The van der Waals surface area contributed by atoms with E-state index < -0.39 is 0 Å². The minimum Gasteiger partial charge on any atom is -0.355 e. The molecule has 0 spiro atoms. The lowest BCUT2D eigenvalue weighted by atomic mass is 10.2. The van der Waals surface area contributed by atoms with Crippen LogP contribution in [-0.4, -0.2) is 4.98 Å². The van der Waals surface area contributed by atoms with E-state index in [1.807, 2.05) is 30.3 Å². The smallest absolute Gasteiger partial charge is 0.0593 e. The molecule has 0 amide bonds. The van der Waals surface area contributed by atoms with Crippen LogP contribution in [0, 0.1) is 0 Å². The van der Waals surface area contributed by atoms with Crippen LogP contribution in [0.25, 0.3) is 0 Å². The van der Waals surface area contributed by atoms with Crippen LogP contribution < -0.4 is 11.1 Å². The van der Waals surface area contributed by atoms with Crippen molar-refractivity contribution in [3.63, 3.8) is 0 Å². The third-order valence-corrected chi connectivity index (χ3v) is 2.87. The van der Waals surface area contributed by atoms with Crippen LogP contribution in [0.1, 0.15) is 5.56 Å². The van der Waals surface area contributed by atoms with E-state index in [0.717, 1.165) is 21.4 Å². The topological polar surface area (TPSA) is 50.9 Å². The Kier molecular flexibility index (Phi) is 3.54. The number of rotatable bonds is 3. The second kappa shape index (κ2) is 5.09. The third kappa shape index (κ3) is 2.59. The lowest BCUT2D eigenvalue weighted by molar-refractivity contribution is 1.07. The summed E-state index contributed by atoms with van der Waals surface area (Å²) < 4.78 is 0.943. The summed E-state index contributed by atoms with van der Waals surface area (Å²) in [5.74, 6) is 0. The van der Waals surface area contributed by atoms with Gasteiger partial charge in [-0.15, -0.1) is 0 Å². The highest BCUT2D eigenvalue weighted by atomic mass is 79.9. The summed E-state index contributed by atoms with van der Waals surface area (Å²) in [6, 6.07) is 9.96. The number of hydrogen-bond donors (Lipinski definition) is 2. The second-order valence-electron chi connectivity index (χ2n) is 3.38. The summed E-state index contributed by atoms with van der Waals surface area (Å²) >= 11 is 3.44. The Morgan fingerprint density at radius 1 is 1.19 bits per heavy atom. The molecule has 0 aliphatic carbocycles. The SMILES string of the molecule is NCc1ccc(Nc2ccncc2Br)cc1. The average Bonchev–Trinajstić information content (AvgIpc) is 2.33. The van der Waals surface area contributed by atoms with Gasteiger partial charge in [-0.2, -0.15) is 0 Å². The van der Waals surface area contributed by atoms with E-state index >= 15 is 0 Å². The summed E-state index contributed by atoms with van der Waals surface area (Å²) in [4.78, 5) is 4.01. The largest absolute Gasteiger partial charge is 0.355 e. The van der Waals surface area contributed by atoms with Crippen LogP contribution >= 0.6 is 15.9 Å². The van der Waals surface area contributed by atoms with Gasteiger partial charge < -0.3 is 11.1 Å². The summed E-state index contributed by atoms with van der Waals surface area (Å²) in [7, 11) is 0. The van der Waals surface area contributed by atoms with Crippen molar-refractivity contribution in [3.05, 3.63) is 52.8 Å². The summed E-state index contributed by atoms with van der Waals surface area (Å²) in [5.41, 5.74) is 8.69. The molecule has 3 N–H and O–H groups in total. The number of anilines is 2. The Bertz CT molecular complexity index is 468. The molecule has 2 aromatic rings. The Morgan fingerprint density at radius 3 is 2.56 bits per heavy atom. The van der Waals surface area contributed by atoms with E-state index in [2.05, 4.69) is 26.2 Å². The first-order chi connectivity index (χ1) is 7.79. The molecule has 1 heterocycles. The fraction of sp³-hybridized carbons (Fsp3) is 0.0833. The van der Waals surface area contributed by atoms with Gasteiger partial charge in [-0.25, -0.2) is 0 Å². The molecule has 2 rings (SSSR count). The highest BCUT2D eigenvalue weighted by Gasteiger charge is 1.99. The van der Waals surface area contributed by atoms with Gasteiger partial charge >= 0.3 is 0 Å². The van der Waals surface area contributed by atoms with E-state index in [9.17, 15) is 0 Å². The molecule has 4 heteroatoms. The summed E-state index contributed by atoms with van der Waals surface area (Å²) in [6.07, 6.45) is 3.51. The van der Waals surface area contributed by atoms with Crippen molar-refractivity contribution in [3.8, 4) is 0 Å². The molecule has 3 nitrogen and oxygen atoms in total. The van der Waals surface area contributed by atoms with Crippen LogP contribution in [-0.2, 0) is 6.54 Å². The van der Waals surface area contributed by atoms with Crippen LogP contribution in [0.4, 0.5) is 11.4 Å². The van der Waals surface area contributed by atoms with Crippen molar-refractivity contribution < 1.29 is 0 Å². The van der Waals surface area contributed by atoms with Crippen LogP contribution in [0.15, 0.2) is 47.2 Å². The van der Waals surface area contributed by atoms with Crippen LogP contribution in [0.3, 0.4) is 0 Å². The van der Waals surface area contributed by atoms with Gasteiger partial charge in [0.15, 0.2) is 0 Å². The molecule has 0 aliphatic rings. The zero-order valence-corrected chi connectivity index (χ0v) is 10.2. The molecular formula is C12H12BrN3. The van der Waals surface area contributed by atoms with Crippen LogP contribution in [0.2, 0.25) is 0 Å². The number of benzene rings is 1. The Hall–Kier alpha value is -1.39. The number of nitrogens with one attached hydrogen (secondary N) is 1. The van der Waals surface area contributed by atoms with Gasteiger partial charge in [-0.3, -0.25) is 4.98 Å². The van der Waals surface area contributed by atoms with E-state index in [4.69, 9.17) is 5.73 Å². The first-order valence-electron chi connectivity index (χ1n) is 4.95. The third-order valence-electron chi connectivity index (χ3n) is 2.24. The maximum absolute atomic E-state index is 5.54. The second-order valence-corrected chi connectivity index (χ2v) is 4.24. The molecule has 0 aliphatic heterocycles. The fourth-order valence-corrected chi connectivity index (χ4v) is 1.71. The number of nitrogens with two attached hydrogens (primary N) is 1. The van der Waals surface area contributed by atoms with Gasteiger partial charge in [0.2, 0.25) is 0 Å². The Morgan fingerprint density at radius 2 is 1.94 bits per heavy atom. The maximum atomic E-state index is 5.54. The van der Waals surface area contributed by atoms with E-state index in [1.54, 1.807) is 12.4 Å². The quantitative estimate of drug-likeness (QED) is 0.907. The minimum atomic E-state index is 0.569. The molecule has 16 heavy (non-hydrogen) atoms. The molecule has 0 fully saturated rings. The Labute approximate surface area is 103 Å². The molecule has 0 atom stereocenters. The van der Waals surface area contributed by atoms with Crippen molar-refractivity contribution >= 4 is 27.3 Å². The monoisotopic (exact) mass is 277 g/mol. The highest BCUT2D eigenvalue weighted by Crippen LogP contribution is 2.24. The molecule has 1 aromatic carbocycles. The number of hydrogen-bond acceptors (Lipinski definition) is 3. The van der Waals surface area contributed by atoms with E-state index in [0.29, 0.717) is 6.54 Å². The van der Waals surface area contributed by atoms with Crippen LogP contribution in [0.5, 0.6) is 0 Å². The van der Waals surface area contributed by atoms with E-state index in [1.165, 1.54) is 0 Å². The van der Waals surface area contributed by atoms with Gasteiger partial charge in [-0.1, -0.05) is 12.1 Å². The average molecular weight is 278 g/mol. The molecule has 1 aromatic heterocycles. The predicted octanol–water partition coefficient (Wildman–Crippen LogP) is 3.05. The minimum absolute atomic E-state index is 0.569. The standard InChI is InChI=1S/C12H12BrN3/c13-11-8-15-6-5-12(11)16-10-3-1-9(7-14)2-4-10/h1-6,8H,7,14H2,(H,15,16). The first kappa shape index (κ1) is 11.1. The van der Waals surface area contributed by atoms with Gasteiger partial charge in [0, 0.05) is 24.6 Å². The molecular weight excluding hydrogens is 266 g/mol. The molecule has 82 valence electrons. The molecule has 0 radical (unpaired) electrons. The number of pyridine rings is 1. The fourth-order valence-electron chi connectivity index (χ4n) is 1.36. The van der Waals surface area contributed by atoms with E-state index in [-0.39, 0.29) is 0 Å². The van der Waals surface area contributed by atoms with Crippen molar-refractivity contribution in [2.45, 2.75) is 6.54 Å².